The second kappa shape index (κ2) is 11.7. The molecule has 0 unspecified atom stereocenters. The van der Waals surface area contributed by atoms with Crippen LogP contribution in [-0.2, 0) is 9.53 Å². The highest BCUT2D eigenvalue weighted by Crippen LogP contribution is 2.31. The van der Waals surface area contributed by atoms with Gasteiger partial charge in [0.1, 0.15) is 12.4 Å². The van der Waals surface area contributed by atoms with Gasteiger partial charge in [-0.1, -0.05) is 11.6 Å². The molecule has 0 fully saturated rings. The first kappa shape index (κ1) is 23.1. The molecule has 1 aromatic heterocycles. The fraction of sp³-hybridized carbons (Fsp3) is 0.412. The lowest BCUT2D eigenvalue weighted by Gasteiger charge is -2.10. The largest absolute Gasteiger partial charge is 0.453 e. The van der Waals surface area contributed by atoms with E-state index in [1.807, 2.05) is 6.79 Å². The van der Waals surface area contributed by atoms with Crippen LogP contribution < -0.4 is 10.6 Å². The van der Waals surface area contributed by atoms with Crippen LogP contribution in [0.25, 0.3) is 0 Å². The quantitative estimate of drug-likeness (QED) is 0.606. The van der Waals surface area contributed by atoms with Crippen LogP contribution >= 0.6 is 11.8 Å². The smallest absolute Gasteiger partial charge is 0.406 e. The normalized spacial score (nSPS) is 12.3. The van der Waals surface area contributed by atoms with Crippen LogP contribution in [-0.4, -0.2) is 62.0 Å². The number of carbonyl (C=O) groups excluding carboxylic acids is 5. The molecule has 0 bridgehead atoms. The molecule has 11 heteroatoms. The molecule has 0 aliphatic heterocycles. The van der Waals surface area contributed by atoms with Gasteiger partial charge in [-0.2, -0.15) is 0 Å². The van der Waals surface area contributed by atoms with E-state index < -0.39 is 23.6 Å². The molecule has 152 valence electrons. The first-order chi connectivity index (χ1) is 13.5. The molecule has 1 aliphatic carbocycles. The number of ketones is 2. The third-order valence-electron chi connectivity index (χ3n) is 3.60. The summed E-state index contributed by atoms with van der Waals surface area (Å²) in [6, 6.07) is 0. The van der Waals surface area contributed by atoms with Crippen molar-refractivity contribution in [3.05, 3.63) is 28.0 Å². The van der Waals surface area contributed by atoms with Gasteiger partial charge < -0.3 is 24.7 Å². The number of amides is 2. The highest BCUT2D eigenvalue weighted by Gasteiger charge is 2.35. The van der Waals surface area contributed by atoms with E-state index in [-0.39, 0.29) is 21.9 Å². The third kappa shape index (κ3) is 5.78. The van der Waals surface area contributed by atoms with Crippen LogP contribution in [0.3, 0.4) is 0 Å². The minimum Gasteiger partial charge on any atom is -0.453 e. The summed E-state index contributed by atoms with van der Waals surface area (Å²) in [6.45, 7) is 2.51. The zero-order chi connectivity index (χ0) is 21.1. The fourth-order valence-electron chi connectivity index (χ4n) is 2.27. The number of carbonyl (C=O) groups is 5. The SMILES string of the molecule is C=O.CNC(=O)c1noc2c1C(=O)C(SCCCCCNC(=O)OC)=CC2=O. The molecular formula is C17H21N3O7S. The average Bonchev–Trinajstić information content (AvgIpc) is 3.17. The topological polar surface area (TPSA) is 145 Å². The van der Waals surface area contributed by atoms with Gasteiger partial charge in [0.15, 0.2) is 5.69 Å². The van der Waals surface area contributed by atoms with Crippen molar-refractivity contribution in [1.82, 2.24) is 15.8 Å². The Balaban J connectivity index is 0.00000190. The maximum atomic E-state index is 12.6. The number of fused-ring (bicyclic) bond motifs is 1. The summed E-state index contributed by atoms with van der Waals surface area (Å²) in [5.74, 6) is -1.07. The Hall–Kier alpha value is -2.95. The summed E-state index contributed by atoms with van der Waals surface area (Å²) in [5.41, 5.74) is -0.262. The van der Waals surface area contributed by atoms with E-state index in [2.05, 4.69) is 20.5 Å². The Kier molecular flexibility index (Phi) is 9.65. The Morgan fingerprint density at radius 1 is 1.25 bits per heavy atom. The molecule has 2 N–H and O–H groups in total. The van der Waals surface area contributed by atoms with Crippen molar-refractivity contribution >= 4 is 42.1 Å². The van der Waals surface area contributed by atoms with Gasteiger partial charge in [0.25, 0.3) is 5.91 Å². The predicted octanol–water partition coefficient (Wildman–Crippen LogP) is 1.37. The van der Waals surface area contributed by atoms with Crippen molar-refractivity contribution in [1.29, 1.82) is 0 Å². The number of thioether (sulfide) groups is 1. The highest BCUT2D eigenvalue weighted by atomic mass is 32.2. The summed E-state index contributed by atoms with van der Waals surface area (Å²) in [6.07, 6.45) is 3.16. The van der Waals surface area contributed by atoms with Gasteiger partial charge in [-0.3, -0.25) is 14.4 Å². The van der Waals surface area contributed by atoms with Crippen molar-refractivity contribution in [3.63, 3.8) is 0 Å². The maximum Gasteiger partial charge on any atom is 0.406 e. The van der Waals surface area contributed by atoms with Gasteiger partial charge in [0, 0.05) is 19.7 Å². The molecule has 0 spiro atoms. The lowest BCUT2D eigenvalue weighted by atomic mass is 10.00. The molecule has 1 heterocycles. The molecule has 1 aliphatic rings. The van der Waals surface area contributed by atoms with Crippen LogP contribution in [0, 0.1) is 0 Å². The second-order valence-electron chi connectivity index (χ2n) is 5.34. The number of hydrogen-bond donors (Lipinski definition) is 2. The molecule has 10 nitrogen and oxygen atoms in total. The van der Waals surface area contributed by atoms with Crippen LogP contribution in [0.5, 0.6) is 0 Å². The lowest BCUT2D eigenvalue weighted by Crippen LogP contribution is -2.24. The Bertz CT molecular complexity index is 773. The zero-order valence-corrected chi connectivity index (χ0v) is 16.3. The molecule has 0 saturated heterocycles. The maximum absolute atomic E-state index is 12.6. The number of nitrogens with zero attached hydrogens (tertiary/aromatic N) is 1. The van der Waals surface area contributed by atoms with Crippen molar-refractivity contribution in [2.45, 2.75) is 19.3 Å². The number of Topliss-reactive ketones (excluding diaryl/α,β-unsaturated/α-hetero) is 1. The van der Waals surface area contributed by atoms with E-state index in [4.69, 9.17) is 9.32 Å². The van der Waals surface area contributed by atoms with Gasteiger partial charge in [-0.15, -0.1) is 11.8 Å². The minimum atomic E-state index is -0.583. The van der Waals surface area contributed by atoms with E-state index in [1.54, 1.807) is 0 Å². The summed E-state index contributed by atoms with van der Waals surface area (Å²) in [5, 5.41) is 8.48. The van der Waals surface area contributed by atoms with Crippen LogP contribution in [0.4, 0.5) is 4.79 Å². The lowest BCUT2D eigenvalue weighted by molar-refractivity contribution is -0.0980. The number of nitrogens with one attached hydrogen (secondary N) is 2. The van der Waals surface area contributed by atoms with Crippen molar-refractivity contribution in [2.24, 2.45) is 0 Å². The molecule has 2 amide bonds. The molecule has 0 aromatic carbocycles. The van der Waals surface area contributed by atoms with E-state index in [0.29, 0.717) is 12.3 Å². The minimum absolute atomic E-state index is 0.0818. The van der Waals surface area contributed by atoms with Crippen LogP contribution in [0.15, 0.2) is 15.5 Å². The van der Waals surface area contributed by atoms with E-state index in [9.17, 15) is 19.2 Å². The monoisotopic (exact) mass is 411 g/mol. The molecule has 28 heavy (non-hydrogen) atoms. The number of unbranched alkanes of at least 4 members (excludes halogenated alkanes) is 2. The Morgan fingerprint density at radius 2 is 1.96 bits per heavy atom. The first-order valence-electron chi connectivity index (χ1n) is 8.25. The number of methoxy groups -OCH3 is 1. The number of alkyl carbamates (subject to hydrolysis) is 1. The Morgan fingerprint density at radius 3 is 2.61 bits per heavy atom. The number of allylic oxidation sites excluding steroid dienone is 2. The molecular weight excluding hydrogens is 390 g/mol. The summed E-state index contributed by atoms with van der Waals surface area (Å²) < 4.78 is 9.32. The van der Waals surface area contributed by atoms with E-state index >= 15 is 0 Å². The second-order valence-corrected chi connectivity index (χ2v) is 6.48. The van der Waals surface area contributed by atoms with Crippen molar-refractivity contribution in [3.8, 4) is 0 Å². The molecule has 0 atom stereocenters. The van der Waals surface area contributed by atoms with Gasteiger partial charge >= 0.3 is 6.09 Å². The zero-order valence-electron chi connectivity index (χ0n) is 15.5. The first-order valence-corrected chi connectivity index (χ1v) is 9.24. The Labute approximate surface area is 165 Å². The van der Waals surface area contributed by atoms with Gasteiger partial charge in [0.2, 0.25) is 17.3 Å². The van der Waals surface area contributed by atoms with E-state index in [1.165, 1.54) is 32.0 Å². The number of hydrogen-bond acceptors (Lipinski definition) is 9. The van der Waals surface area contributed by atoms with Crippen LogP contribution in [0.2, 0.25) is 0 Å². The van der Waals surface area contributed by atoms with Crippen LogP contribution in [0.1, 0.15) is 50.7 Å². The van der Waals surface area contributed by atoms with Gasteiger partial charge in [-0.25, -0.2) is 4.79 Å². The summed E-state index contributed by atoms with van der Waals surface area (Å²) in [4.78, 5) is 55.6. The molecule has 2 rings (SSSR count). The summed E-state index contributed by atoms with van der Waals surface area (Å²) >= 11 is 1.25. The fourth-order valence-corrected chi connectivity index (χ4v) is 3.26. The van der Waals surface area contributed by atoms with Gasteiger partial charge in [0.05, 0.1) is 12.0 Å². The average molecular weight is 411 g/mol. The van der Waals surface area contributed by atoms with Crippen molar-refractivity contribution < 1.29 is 33.2 Å². The van der Waals surface area contributed by atoms with E-state index in [0.717, 1.165) is 19.3 Å². The highest BCUT2D eigenvalue weighted by molar-refractivity contribution is 8.04. The number of ether oxygens (including phenoxy) is 1. The number of aromatic nitrogens is 1. The molecule has 1 aromatic rings. The summed E-state index contributed by atoms with van der Waals surface area (Å²) in [7, 11) is 2.71. The molecule has 0 saturated carbocycles. The molecule has 0 radical (unpaired) electrons. The standard InChI is InChI=1S/C16H19N3O6S.CH2O/c1-17-15(22)12-11-13(21)10(8-9(20)14(11)25-19-12)26-7-5-3-4-6-18-16(23)24-2;1-2/h8H,3-7H2,1-2H3,(H,17,22)(H,18,23);1H2. The predicted molar refractivity (Wildman–Crippen MR) is 100 cm³/mol. The number of rotatable bonds is 8. The van der Waals surface area contributed by atoms with Gasteiger partial charge in [-0.05, 0) is 18.6 Å². The third-order valence-corrected chi connectivity index (χ3v) is 4.71. The van der Waals surface area contributed by atoms with Crippen molar-refractivity contribution in [2.75, 3.05) is 26.5 Å².